The molecule has 5 rings (SSSR count). The molecule has 0 bridgehead atoms. The highest BCUT2D eigenvalue weighted by atomic mass is 16.5. The fourth-order valence-corrected chi connectivity index (χ4v) is 7.86. The van der Waals surface area contributed by atoms with Crippen molar-refractivity contribution in [2.75, 3.05) is 59.5 Å². The van der Waals surface area contributed by atoms with Crippen LogP contribution in [0.2, 0.25) is 0 Å². The summed E-state index contributed by atoms with van der Waals surface area (Å²) in [5.41, 5.74) is 0. The van der Waals surface area contributed by atoms with Gasteiger partial charge in [-0.3, -0.25) is 4.79 Å². The van der Waals surface area contributed by atoms with Crippen molar-refractivity contribution in [2.45, 2.75) is 82.5 Å². The Morgan fingerprint density at radius 1 is 0.914 bits per heavy atom. The van der Waals surface area contributed by atoms with Crippen LogP contribution in [0.4, 0.5) is 0 Å². The van der Waals surface area contributed by atoms with E-state index < -0.39 is 18.1 Å². The molecule has 7 unspecified atom stereocenters. The molecule has 2 heterocycles. The normalized spacial score (nSPS) is 40.1. The zero-order valence-corrected chi connectivity index (χ0v) is 21.9. The summed E-state index contributed by atoms with van der Waals surface area (Å²) >= 11 is 0. The Morgan fingerprint density at radius 2 is 1.69 bits per heavy atom. The van der Waals surface area contributed by atoms with Crippen LogP contribution in [-0.2, 0) is 9.53 Å². The molecule has 5 fully saturated rings. The summed E-state index contributed by atoms with van der Waals surface area (Å²) < 4.78 is 6.33. The molecule has 1 amide bonds. The fourth-order valence-electron chi connectivity index (χ4n) is 7.86. The van der Waals surface area contributed by atoms with Crippen molar-refractivity contribution in [1.29, 1.82) is 0 Å². The Labute approximate surface area is 212 Å². The lowest BCUT2D eigenvalue weighted by Crippen LogP contribution is -2.52. The number of nitrogens with zero attached hydrogens (tertiary/aromatic N) is 3. The minimum atomic E-state index is -0.814. The maximum absolute atomic E-state index is 13.8. The first-order valence-electron chi connectivity index (χ1n) is 14.7. The van der Waals surface area contributed by atoms with Crippen LogP contribution in [0.5, 0.6) is 0 Å². The maximum Gasteiger partial charge on any atom is 0.230 e. The van der Waals surface area contributed by atoms with E-state index in [0.717, 1.165) is 39.3 Å². The van der Waals surface area contributed by atoms with E-state index in [-0.39, 0.29) is 18.4 Å². The third kappa shape index (κ3) is 6.23. The summed E-state index contributed by atoms with van der Waals surface area (Å²) in [7, 11) is 2.21. The third-order valence-electron chi connectivity index (χ3n) is 10.0. The smallest absolute Gasteiger partial charge is 0.230 e. The van der Waals surface area contributed by atoms with E-state index in [0.29, 0.717) is 36.7 Å². The third-order valence-corrected chi connectivity index (χ3v) is 10.0. The summed E-state index contributed by atoms with van der Waals surface area (Å²) in [4.78, 5) is 21.0. The summed E-state index contributed by atoms with van der Waals surface area (Å²) in [6.45, 7) is 8.12. The van der Waals surface area contributed by atoms with Crippen molar-refractivity contribution >= 4 is 5.91 Å². The first-order chi connectivity index (χ1) is 17.0. The quantitative estimate of drug-likeness (QED) is 0.593. The highest BCUT2D eigenvalue weighted by molar-refractivity contribution is 5.80. The van der Waals surface area contributed by atoms with Crippen LogP contribution < -0.4 is 0 Å². The van der Waals surface area contributed by atoms with Crippen molar-refractivity contribution in [3.05, 3.63) is 0 Å². The Hall–Kier alpha value is -0.730. The SMILES string of the molecule is CN1CCN(CC2CCCC3CN(C(=O)C4C(O)CC(O)CC4OCC4CCCCC4)CC23)CC1. The molecule has 2 saturated heterocycles. The molecule has 3 saturated carbocycles. The van der Waals surface area contributed by atoms with E-state index in [1.165, 1.54) is 57.9 Å². The average molecular weight is 492 g/mol. The highest BCUT2D eigenvalue weighted by Crippen LogP contribution is 2.42. The highest BCUT2D eigenvalue weighted by Gasteiger charge is 2.48. The zero-order chi connectivity index (χ0) is 24.4. The number of ether oxygens (including phenoxy) is 1. The minimum absolute atomic E-state index is 0.0748. The van der Waals surface area contributed by atoms with Gasteiger partial charge in [0.1, 0.15) is 0 Å². The molecule has 0 spiro atoms. The molecule has 5 aliphatic rings. The molecule has 2 aliphatic heterocycles. The number of hydrogen-bond acceptors (Lipinski definition) is 6. The van der Waals surface area contributed by atoms with Gasteiger partial charge in [0.15, 0.2) is 0 Å². The van der Waals surface area contributed by atoms with Gasteiger partial charge in [-0.05, 0) is 56.4 Å². The standard InChI is InChI=1S/C28H49N3O4/c1-29-10-12-30(13-11-29)16-21-8-5-9-22-17-31(18-24(21)22)28(34)27-25(33)14-23(32)15-26(27)35-19-20-6-3-2-4-7-20/h20-27,32-33H,2-19H2,1H3. The van der Waals surface area contributed by atoms with Crippen LogP contribution in [0.3, 0.4) is 0 Å². The molecule has 2 N–H and O–H groups in total. The second-order valence-corrected chi connectivity index (χ2v) is 12.6. The zero-order valence-electron chi connectivity index (χ0n) is 21.9. The van der Waals surface area contributed by atoms with Gasteiger partial charge >= 0.3 is 0 Å². The number of likely N-dealkylation sites (N-methyl/N-ethyl adjacent to an activating group) is 1. The number of rotatable bonds is 6. The van der Waals surface area contributed by atoms with Crippen LogP contribution in [0, 0.1) is 29.6 Å². The van der Waals surface area contributed by atoms with Crippen molar-refractivity contribution in [2.24, 2.45) is 29.6 Å². The maximum atomic E-state index is 13.8. The van der Waals surface area contributed by atoms with Crippen LogP contribution in [-0.4, -0.2) is 109 Å². The summed E-state index contributed by atoms with van der Waals surface area (Å²) in [5.74, 6) is 1.95. The predicted molar refractivity (Wildman–Crippen MR) is 136 cm³/mol. The van der Waals surface area contributed by atoms with Crippen LogP contribution in [0.25, 0.3) is 0 Å². The van der Waals surface area contributed by atoms with Gasteiger partial charge in [-0.25, -0.2) is 0 Å². The van der Waals surface area contributed by atoms with Crippen molar-refractivity contribution in [3.8, 4) is 0 Å². The van der Waals surface area contributed by atoms with Crippen molar-refractivity contribution in [3.63, 3.8) is 0 Å². The molecule has 0 aromatic carbocycles. The number of amides is 1. The lowest BCUT2D eigenvalue weighted by molar-refractivity contribution is -0.158. The monoisotopic (exact) mass is 491 g/mol. The molecule has 3 aliphatic carbocycles. The first-order valence-corrected chi connectivity index (χ1v) is 14.7. The number of piperazine rings is 1. The number of carbonyl (C=O) groups excluding carboxylic acids is 1. The molecule has 35 heavy (non-hydrogen) atoms. The number of carbonyl (C=O) groups is 1. The second kappa shape index (κ2) is 11.8. The summed E-state index contributed by atoms with van der Waals surface area (Å²) in [5, 5.41) is 21.3. The molecular weight excluding hydrogens is 442 g/mol. The van der Waals surface area contributed by atoms with E-state index >= 15 is 0 Å². The van der Waals surface area contributed by atoms with Gasteiger partial charge in [0.2, 0.25) is 5.91 Å². The molecule has 7 heteroatoms. The van der Waals surface area contributed by atoms with E-state index in [2.05, 4.69) is 21.7 Å². The predicted octanol–water partition coefficient (Wildman–Crippen LogP) is 2.21. The van der Waals surface area contributed by atoms with Gasteiger partial charge in [-0.1, -0.05) is 25.7 Å². The van der Waals surface area contributed by atoms with Crippen LogP contribution >= 0.6 is 0 Å². The lowest BCUT2D eigenvalue weighted by Gasteiger charge is -2.40. The van der Waals surface area contributed by atoms with E-state index in [9.17, 15) is 15.0 Å². The van der Waals surface area contributed by atoms with Crippen molar-refractivity contribution in [1.82, 2.24) is 14.7 Å². The molecule has 7 atom stereocenters. The van der Waals surface area contributed by atoms with E-state index in [4.69, 9.17) is 4.74 Å². The molecule has 0 aromatic rings. The minimum Gasteiger partial charge on any atom is -0.393 e. The second-order valence-electron chi connectivity index (χ2n) is 12.6. The molecular formula is C28H49N3O4. The number of fused-ring (bicyclic) bond motifs is 1. The van der Waals surface area contributed by atoms with Crippen LogP contribution in [0.1, 0.15) is 64.2 Å². The van der Waals surface area contributed by atoms with Gasteiger partial charge in [-0.15, -0.1) is 0 Å². The number of aliphatic hydroxyl groups is 2. The first kappa shape index (κ1) is 25.9. The Bertz CT molecular complexity index is 694. The topological polar surface area (TPSA) is 76.5 Å². The van der Waals surface area contributed by atoms with Gasteiger partial charge in [0, 0.05) is 65.3 Å². The van der Waals surface area contributed by atoms with E-state index in [1.54, 1.807) is 0 Å². The molecule has 200 valence electrons. The number of hydrogen-bond donors (Lipinski definition) is 2. The van der Waals surface area contributed by atoms with Gasteiger partial charge in [-0.2, -0.15) is 0 Å². The molecule has 0 radical (unpaired) electrons. The number of likely N-dealkylation sites (tertiary alicyclic amines) is 1. The molecule has 7 nitrogen and oxygen atoms in total. The van der Waals surface area contributed by atoms with E-state index in [1.807, 2.05) is 0 Å². The summed E-state index contributed by atoms with van der Waals surface area (Å²) in [6, 6.07) is 0. The Morgan fingerprint density at radius 3 is 2.46 bits per heavy atom. The van der Waals surface area contributed by atoms with Gasteiger partial charge in [0.05, 0.1) is 24.2 Å². The number of aliphatic hydroxyl groups excluding tert-OH is 2. The van der Waals surface area contributed by atoms with Gasteiger partial charge < -0.3 is 29.6 Å². The summed E-state index contributed by atoms with van der Waals surface area (Å²) in [6.07, 6.45) is 8.98. The fraction of sp³-hybridized carbons (Fsp3) is 0.964. The Kier molecular flexibility index (Phi) is 8.70. The Balaban J connectivity index is 1.20. The van der Waals surface area contributed by atoms with Gasteiger partial charge in [0.25, 0.3) is 0 Å². The lowest BCUT2D eigenvalue weighted by atomic mass is 9.73. The molecule has 0 aromatic heterocycles. The largest absolute Gasteiger partial charge is 0.393 e. The average Bonchev–Trinajstić information content (AvgIpc) is 3.30. The van der Waals surface area contributed by atoms with Crippen molar-refractivity contribution < 1.29 is 19.7 Å². The van der Waals surface area contributed by atoms with Crippen LogP contribution in [0.15, 0.2) is 0 Å².